The average Bonchev–Trinajstić information content (AvgIpc) is 2.52. The molecule has 0 saturated heterocycles. The number of nitrogens with zero attached hydrogens (tertiary/aromatic N) is 4. The first kappa shape index (κ1) is 43.7. The molecule has 11 aromatic carbocycles. The highest BCUT2D eigenvalue weighted by Gasteiger charge is 2.42. The number of hydrogen-bond acceptors (Lipinski definition) is 2. The van der Waals surface area contributed by atoms with Gasteiger partial charge in [0.05, 0.1) is 40.3 Å². The van der Waals surface area contributed by atoms with Gasteiger partial charge in [-0.2, -0.15) is 0 Å². The van der Waals surface area contributed by atoms with Crippen molar-refractivity contribution in [3.8, 4) is 73.2 Å². The number of aromatic nitrogens is 4. The van der Waals surface area contributed by atoms with Crippen LogP contribution in [0.3, 0.4) is 0 Å². The summed E-state index contributed by atoms with van der Waals surface area (Å²) in [5.74, 6) is 2.10. The molecule has 0 radical (unpaired) electrons. The Labute approximate surface area is 486 Å². The Hall–Kier alpha value is -10.1. The van der Waals surface area contributed by atoms with Crippen LogP contribution in [-0.2, 0) is 5.41 Å². The maximum absolute atomic E-state index is 9.58. The fraction of sp³-hybridized carbons (Fsp3) is 0.0526. The summed E-state index contributed by atoms with van der Waals surface area (Å²) in [6.07, 6.45) is 5.76. The summed E-state index contributed by atoms with van der Waals surface area (Å²) < 4.78 is 59.2. The van der Waals surface area contributed by atoms with E-state index in [1.165, 1.54) is 21.1 Å². The maximum Gasteiger partial charge on any atom is 0.269 e. The van der Waals surface area contributed by atoms with Crippen LogP contribution in [-0.4, -0.2) is 22.2 Å². The van der Waals surface area contributed by atoms with Gasteiger partial charge in [-0.15, -0.1) is 0 Å². The largest absolute Gasteiger partial charge is 0.458 e. The van der Waals surface area contributed by atoms with Gasteiger partial charge in [0.2, 0.25) is 0 Å². The van der Waals surface area contributed by atoms with Gasteiger partial charge >= 0.3 is 0 Å². The van der Waals surface area contributed by atoms with Crippen molar-refractivity contribution in [1.29, 1.82) is 0 Å². The van der Waals surface area contributed by atoms with Crippen molar-refractivity contribution in [3.05, 3.63) is 297 Å². The Morgan fingerprint density at radius 2 is 1.05 bits per heavy atom. The third-order valence-electron chi connectivity index (χ3n) is 16.4. The summed E-state index contributed by atoms with van der Waals surface area (Å²) in [6, 6.07) is 85.4. The second-order valence-electron chi connectivity index (χ2n) is 22.1. The van der Waals surface area contributed by atoms with Crippen LogP contribution in [0.1, 0.15) is 33.2 Å². The van der Waals surface area contributed by atoms with Gasteiger partial charge in [-0.1, -0.05) is 245 Å². The third kappa shape index (κ3) is 7.97. The minimum absolute atomic E-state index is 0.0755. The van der Waals surface area contributed by atoms with Crippen LogP contribution in [0.15, 0.2) is 285 Å². The van der Waals surface area contributed by atoms with E-state index in [9.17, 15) is 2.74 Å². The maximum atomic E-state index is 9.58. The van der Waals surface area contributed by atoms with Gasteiger partial charge in [0.1, 0.15) is 17.3 Å². The molecule has 0 unspecified atom stereocenters. The first-order chi connectivity index (χ1) is 42.4. The summed E-state index contributed by atoms with van der Waals surface area (Å²) >= 11 is 0. The van der Waals surface area contributed by atoms with Gasteiger partial charge in [-0.05, 0) is 125 Å². The molecule has 1 aliphatic heterocycles. The summed E-state index contributed by atoms with van der Waals surface area (Å²) in [5, 5.41) is 7.03. The second kappa shape index (κ2) is 19.6. The fourth-order valence-electron chi connectivity index (χ4n) is 12.7. The Bertz CT molecular complexity index is 4950. The highest BCUT2D eigenvalue weighted by Crippen LogP contribution is 2.45. The molecule has 0 saturated carbocycles. The molecule has 15 rings (SSSR count). The van der Waals surface area contributed by atoms with E-state index in [1.807, 2.05) is 53.2 Å². The van der Waals surface area contributed by atoms with Crippen LogP contribution in [0.5, 0.6) is 11.5 Å². The fourth-order valence-corrected chi connectivity index (χ4v) is 17.4. The molecule has 14 aromatic rings. The van der Waals surface area contributed by atoms with Gasteiger partial charge in [-0.25, -0.2) is 4.98 Å². The van der Waals surface area contributed by atoms with Crippen molar-refractivity contribution in [2.45, 2.75) is 26.2 Å². The molecule has 3 aromatic heterocycles. The van der Waals surface area contributed by atoms with Gasteiger partial charge in [0.15, 0.2) is 8.07 Å². The van der Waals surface area contributed by atoms with Crippen LogP contribution < -0.4 is 30.1 Å². The summed E-state index contributed by atoms with van der Waals surface area (Å²) in [4.78, 5) is 4.92. The van der Waals surface area contributed by atoms with E-state index in [4.69, 9.17) is 13.8 Å². The number of fused-ring (bicyclic) bond motifs is 10. The zero-order chi connectivity index (χ0) is 59.3. The topological polar surface area (TPSA) is 35.9 Å². The van der Waals surface area contributed by atoms with Gasteiger partial charge in [0, 0.05) is 23.0 Å². The Kier molecular flexibility index (Phi) is 10.4. The average molecular weight is 1070 g/mol. The zero-order valence-electron chi connectivity index (χ0n) is 50.4. The lowest BCUT2D eigenvalue weighted by Gasteiger charge is -2.35. The predicted octanol–water partition coefficient (Wildman–Crippen LogP) is 15.6. The molecule has 0 fully saturated rings. The smallest absolute Gasteiger partial charge is 0.269 e. The van der Waals surface area contributed by atoms with Crippen LogP contribution >= 0.6 is 0 Å². The Morgan fingerprint density at radius 3 is 1.78 bits per heavy atom. The van der Waals surface area contributed by atoms with Crippen LogP contribution in [0, 0.1) is 6.33 Å². The lowest BCUT2D eigenvalue weighted by Crippen LogP contribution is -2.74. The lowest BCUT2D eigenvalue weighted by atomic mass is 9.88. The predicted molar refractivity (Wildman–Crippen MR) is 340 cm³/mol. The minimum atomic E-state index is -3.13. The van der Waals surface area contributed by atoms with E-state index in [2.05, 4.69) is 242 Å². The number of rotatable bonds is 9. The summed E-state index contributed by atoms with van der Waals surface area (Å²) in [7, 11) is -3.13. The summed E-state index contributed by atoms with van der Waals surface area (Å²) in [5.41, 5.74) is 12.4. The molecule has 1 aliphatic rings. The molecule has 6 heteroatoms. The van der Waals surface area contributed by atoms with E-state index in [-0.39, 0.29) is 23.1 Å². The molecule has 0 amide bonds. The van der Waals surface area contributed by atoms with Crippen LogP contribution in [0.4, 0.5) is 0 Å². The monoisotopic (exact) mass is 1070 g/mol. The molecule has 0 bridgehead atoms. The Morgan fingerprint density at radius 1 is 0.463 bits per heavy atom. The Balaban J connectivity index is 0.974. The number of ether oxygens (including phenoxy) is 1. The molecule has 0 spiro atoms. The van der Waals surface area contributed by atoms with Crippen molar-refractivity contribution >= 4 is 61.7 Å². The van der Waals surface area contributed by atoms with E-state index >= 15 is 0 Å². The van der Waals surface area contributed by atoms with E-state index < -0.39 is 26.2 Å². The van der Waals surface area contributed by atoms with Crippen molar-refractivity contribution in [2.75, 3.05) is 0 Å². The van der Waals surface area contributed by atoms with E-state index in [0.717, 1.165) is 82.9 Å². The van der Waals surface area contributed by atoms with Crippen molar-refractivity contribution in [3.63, 3.8) is 0 Å². The first-order valence-corrected chi connectivity index (χ1v) is 29.8. The normalized spacial score (nSPS) is 12.9. The van der Waals surface area contributed by atoms with Gasteiger partial charge in [0.25, 0.3) is 6.33 Å². The number of benzene rings is 11. The molecule has 0 N–H and O–H groups in total. The molecule has 0 aliphatic carbocycles. The van der Waals surface area contributed by atoms with E-state index in [0.29, 0.717) is 22.7 Å². The third-order valence-corrected chi connectivity index (χ3v) is 21.2. The van der Waals surface area contributed by atoms with Crippen molar-refractivity contribution < 1.29 is 16.2 Å². The minimum Gasteiger partial charge on any atom is -0.458 e. The molecule has 0 atom stereocenters. The highest BCUT2D eigenvalue weighted by molar-refractivity contribution is 7.20. The second-order valence-corrected chi connectivity index (χ2v) is 25.9. The number of hydrogen-bond donors (Lipinski definition) is 0. The molecule has 82 heavy (non-hydrogen) atoms. The van der Waals surface area contributed by atoms with Crippen LogP contribution in [0.2, 0.25) is 0 Å². The van der Waals surface area contributed by atoms with Crippen molar-refractivity contribution in [1.82, 2.24) is 14.1 Å². The molecular formula is C76H56N4OSi. The first-order valence-electron chi connectivity index (χ1n) is 30.3. The number of imidazole rings is 1. The van der Waals surface area contributed by atoms with Gasteiger partial charge < -0.3 is 4.74 Å². The van der Waals surface area contributed by atoms with Crippen molar-refractivity contribution in [2.24, 2.45) is 0 Å². The SMILES string of the molecule is [2H]c1c([2H])c([2H])c(-c2cccc3c2-[n+]2[c-]n(-c4cccc(Oc5ccc6c7ccccc7n(-c7cc(C(C)(C)C)ccn7)c6c5)c4)c4cccc(c42)-c2ccccc2-c2ccc([Si](c4ccccc4)(c4ccccc4)c4ccccc4)cc2-3)c([2H])c1[2H]. The molecule has 4 heterocycles. The molecule has 5 nitrogen and oxygen atoms in total. The van der Waals surface area contributed by atoms with E-state index in [1.54, 1.807) is 0 Å². The molecular weight excluding hydrogens is 1010 g/mol. The van der Waals surface area contributed by atoms with Crippen LogP contribution in [0.25, 0.3) is 94.5 Å². The standard InChI is InChI=1S/C76H56N4OSi/c1-76(2,3)53-45-46-77-73(47-53)80-70-39-19-18-35-65(70)66-43-41-56(49-72(66)80)81-55-26-20-25-54(48-55)78-51-79-74-61(52-23-8-4-9-24-52)36-21-37-68(74)69-50-60(42-44-64(69)62-33-16-17-34-63(62)67-38-22-40-71(78)75(67)79)82(57-27-10-5-11-28-57,58-29-12-6-13-30-58)59-31-14-7-15-32-59/h4-50H,1-3H3/i4D,8D,9D,23D,24D. The quantitative estimate of drug-likeness (QED) is 0.0625. The molecule has 390 valence electrons. The summed E-state index contributed by atoms with van der Waals surface area (Å²) in [6.45, 7) is 6.65. The lowest BCUT2D eigenvalue weighted by molar-refractivity contribution is -0.570. The van der Waals surface area contributed by atoms with Gasteiger partial charge in [-0.3, -0.25) is 13.7 Å². The highest BCUT2D eigenvalue weighted by atomic mass is 28.3. The number of pyridine rings is 1. The number of para-hydroxylation sites is 3. The zero-order valence-corrected chi connectivity index (χ0v) is 46.4.